The molecule has 0 aromatic heterocycles. The fourth-order valence-electron chi connectivity index (χ4n) is 1.97. The van der Waals surface area contributed by atoms with Gasteiger partial charge in [-0.1, -0.05) is 13.0 Å². The molecular formula is C15H25NO4S. The lowest BCUT2D eigenvalue weighted by molar-refractivity contribution is 0.0737. The van der Waals surface area contributed by atoms with Crippen molar-refractivity contribution in [2.75, 3.05) is 20.2 Å². The van der Waals surface area contributed by atoms with Gasteiger partial charge < -0.3 is 9.84 Å². The molecule has 0 spiro atoms. The lowest BCUT2D eigenvalue weighted by Gasteiger charge is -2.19. The van der Waals surface area contributed by atoms with E-state index in [1.807, 2.05) is 20.8 Å². The molecule has 5 nitrogen and oxygen atoms in total. The van der Waals surface area contributed by atoms with Crippen LogP contribution in [0.15, 0.2) is 23.1 Å². The molecule has 120 valence electrons. The SMILES string of the molecule is CCc1ccc(S(=O)(=O)N(C)CCOC(C)C)cc1CO. The highest BCUT2D eigenvalue weighted by Gasteiger charge is 2.21. The Balaban J connectivity index is 2.91. The summed E-state index contributed by atoms with van der Waals surface area (Å²) >= 11 is 0. The van der Waals surface area contributed by atoms with E-state index >= 15 is 0 Å². The third kappa shape index (κ3) is 4.78. The maximum Gasteiger partial charge on any atom is 0.242 e. The number of rotatable bonds is 8. The van der Waals surface area contributed by atoms with Crippen LogP contribution in [-0.4, -0.2) is 44.1 Å². The lowest BCUT2D eigenvalue weighted by Crippen LogP contribution is -2.31. The second-order valence-corrected chi connectivity index (χ2v) is 7.23. The number of benzene rings is 1. The smallest absolute Gasteiger partial charge is 0.242 e. The number of hydrogen-bond donors (Lipinski definition) is 1. The normalized spacial score (nSPS) is 12.3. The van der Waals surface area contributed by atoms with Crippen LogP contribution in [-0.2, 0) is 27.8 Å². The monoisotopic (exact) mass is 315 g/mol. The van der Waals surface area contributed by atoms with E-state index in [9.17, 15) is 13.5 Å². The summed E-state index contributed by atoms with van der Waals surface area (Å²) in [7, 11) is -2.02. The molecule has 1 aromatic rings. The molecule has 21 heavy (non-hydrogen) atoms. The number of aryl methyl sites for hydroxylation is 1. The number of ether oxygens (including phenoxy) is 1. The van der Waals surface area contributed by atoms with E-state index in [0.29, 0.717) is 18.7 Å². The molecule has 0 heterocycles. The van der Waals surface area contributed by atoms with Crippen molar-refractivity contribution in [3.05, 3.63) is 29.3 Å². The Kier molecular flexibility index (Phi) is 6.80. The summed E-state index contributed by atoms with van der Waals surface area (Å²) in [6, 6.07) is 4.90. The van der Waals surface area contributed by atoms with Crippen molar-refractivity contribution >= 4 is 10.0 Å². The molecule has 0 amide bonds. The summed E-state index contributed by atoms with van der Waals surface area (Å²) in [6.45, 7) is 6.28. The predicted octanol–water partition coefficient (Wildman–Crippen LogP) is 1.79. The molecule has 0 aliphatic heterocycles. The standard InChI is InChI=1S/C15H25NO4S/c1-5-13-6-7-15(10-14(13)11-17)21(18,19)16(4)8-9-20-12(2)3/h6-7,10,12,17H,5,8-9,11H2,1-4H3. The van der Waals surface area contributed by atoms with E-state index < -0.39 is 10.0 Å². The van der Waals surface area contributed by atoms with Crippen LogP contribution in [0.4, 0.5) is 0 Å². The van der Waals surface area contributed by atoms with Crippen LogP contribution in [0.25, 0.3) is 0 Å². The Morgan fingerprint density at radius 3 is 2.48 bits per heavy atom. The molecule has 0 aliphatic carbocycles. The van der Waals surface area contributed by atoms with Crippen molar-refractivity contribution in [2.24, 2.45) is 0 Å². The van der Waals surface area contributed by atoms with Crippen molar-refractivity contribution in [3.63, 3.8) is 0 Å². The van der Waals surface area contributed by atoms with Gasteiger partial charge in [-0.3, -0.25) is 0 Å². The van der Waals surface area contributed by atoms with Crippen LogP contribution in [0, 0.1) is 0 Å². The first-order valence-electron chi connectivity index (χ1n) is 7.13. The summed E-state index contributed by atoms with van der Waals surface area (Å²) < 4.78 is 31.6. The Morgan fingerprint density at radius 1 is 1.29 bits per heavy atom. The molecule has 0 radical (unpaired) electrons. The zero-order chi connectivity index (χ0) is 16.0. The van der Waals surface area contributed by atoms with Gasteiger partial charge in [0.05, 0.1) is 24.2 Å². The molecule has 0 unspecified atom stereocenters. The molecule has 0 atom stereocenters. The highest BCUT2D eigenvalue weighted by molar-refractivity contribution is 7.89. The Hall–Kier alpha value is -0.950. The average Bonchev–Trinajstić information content (AvgIpc) is 2.45. The van der Waals surface area contributed by atoms with Crippen molar-refractivity contribution in [1.82, 2.24) is 4.31 Å². The second kappa shape index (κ2) is 7.89. The zero-order valence-corrected chi connectivity index (χ0v) is 14.0. The van der Waals surface area contributed by atoms with Gasteiger partial charge in [0.25, 0.3) is 0 Å². The van der Waals surface area contributed by atoms with E-state index in [2.05, 4.69) is 0 Å². The van der Waals surface area contributed by atoms with Gasteiger partial charge in [-0.05, 0) is 43.5 Å². The van der Waals surface area contributed by atoms with E-state index in [1.165, 1.54) is 11.4 Å². The third-order valence-electron chi connectivity index (χ3n) is 3.29. The second-order valence-electron chi connectivity index (χ2n) is 5.19. The molecule has 0 aliphatic rings. The van der Waals surface area contributed by atoms with Gasteiger partial charge in [0, 0.05) is 13.6 Å². The minimum atomic E-state index is -3.55. The van der Waals surface area contributed by atoms with Gasteiger partial charge in [-0.25, -0.2) is 8.42 Å². The van der Waals surface area contributed by atoms with Crippen LogP contribution in [0.3, 0.4) is 0 Å². The maximum atomic E-state index is 12.5. The predicted molar refractivity (Wildman–Crippen MR) is 82.6 cm³/mol. The molecule has 0 saturated carbocycles. The highest BCUT2D eigenvalue weighted by atomic mass is 32.2. The fourth-order valence-corrected chi connectivity index (χ4v) is 3.18. The first kappa shape index (κ1) is 18.1. The van der Waals surface area contributed by atoms with Crippen LogP contribution in [0.5, 0.6) is 0 Å². The summed E-state index contributed by atoms with van der Waals surface area (Å²) in [5.74, 6) is 0. The molecule has 0 fully saturated rings. The van der Waals surface area contributed by atoms with Crippen molar-refractivity contribution < 1.29 is 18.3 Å². The van der Waals surface area contributed by atoms with E-state index in [1.54, 1.807) is 18.2 Å². The van der Waals surface area contributed by atoms with E-state index in [0.717, 1.165) is 12.0 Å². The summed E-state index contributed by atoms with van der Waals surface area (Å²) in [5, 5.41) is 9.35. The molecule has 0 bridgehead atoms. The quantitative estimate of drug-likeness (QED) is 0.794. The topological polar surface area (TPSA) is 66.8 Å². The van der Waals surface area contributed by atoms with Crippen molar-refractivity contribution in [3.8, 4) is 0 Å². The van der Waals surface area contributed by atoms with Gasteiger partial charge in [-0.15, -0.1) is 0 Å². The molecule has 1 N–H and O–H groups in total. The first-order chi connectivity index (χ1) is 9.82. The summed E-state index contributed by atoms with van der Waals surface area (Å²) in [6.07, 6.45) is 0.833. The van der Waals surface area contributed by atoms with Gasteiger partial charge in [0.2, 0.25) is 10.0 Å². The summed E-state index contributed by atoms with van der Waals surface area (Å²) in [5.41, 5.74) is 1.62. The number of likely N-dealkylation sites (N-methyl/N-ethyl adjacent to an activating group) is 1. The number of aliphatic hydroxyl groups excluding tert-OH is 1. The number of nitrogens with zero attached hydrogens (tertiary/aromatic N) is 1. The molecular weight excluding hydrogens is 290 g/mol. The van der Waals surface area contributed by atoms with Gasteiger partial charge >= 0.3 is 0 Å². The van der Waals surface area contributed by atoms with E-state index in [-0.39, 0.29) is 17.6 Å². The summed E-state index contributed by atoms with van der Waals surface area (Å²) in [4.78, 5) is 0.204. The molecule has 1 rings (SSSR count). The first-order valence-corrected chi connectivity index (χ1v) is 8.57. The van der Waals surface area contributed by atoms with Gasteiger partial charge in [0.1, 0.15) is 0 Å². The highest BCUT2D eigenvalue weighted by Crippen LogP contribution is 2.19. The minimum Gasteiger partial charge on any atom is -0.392 e. The molecule has 0 saturated heterocycles. The number of hydrogen-bond acceptors (Lipinski definition) is 4. The van der Waals surface area contributed by atoms with Crippen LogP contribution >= 0.6 is 0 Å². The Labute approximate surface area is 127 Å². The van der Waals surface area contributed by atoms with Crippen LogP contribution in [0.2, 0.25) is 0 Å². The largest absolute Gasteiger partial charge is 0.392 e. The minimum absolute atomic E-state index is 0.0749. The van der Waals surface area contributed by atoms with Gasteiger partial charge in [-0.2, -0.15) is 4.31 Å². The average molecular weight is 315 g/mol. The zero-order valence-electron chi connectivity index (χ0n) is 13.2. The van der Waals surface area contributed by atoms with Crippen molar-refractivity contribution in [1.29, 1.82) is 0 Å². The van der Waals surface area contributed by atoms with Crippen LogP contribution in [0.1, 0.15) is 31.9 Å². The molecule has 1 aromatic carbocycles. The van der Waals surface area contributed by atoms with Crippen molar-refractivity contribution in [2.45, 2.75) is 44.8 Å². The fraction of sp³-hybridized carbons (Fsp3) is 0.600. The number of aliphatic hydroxyl groups is 1. The maximum absolute atomic E-state index is 12.5. The lowest BCUT2D eigenvalue weighted by atomic mass is 10.1. The number of sulfonamides is 1. The third-order valence-corrected chi connectivity index (χ3v) is 5.15. The van der Waals surface area contributed by atoms with Gasteiger partial charge in [0.15, 0.2) is 0 Å². The van der Waals surface area contributed by atoms with E-state index in [4.69, 9.17) is 4.74 Å². The molecule has 6 heteroatoms. The Bertz CT molecular complexity index is 555. The Morgan fingerprint density at radius 2 is 1.95 bits per heavy atom. The van der Waals surface area contributed by atoms with Crippen LogP contribution < -0.4 is 0 Å².